The number of piperazine rings is 1. The maximum atomic E-state index is 6.08. The molecule has 0 spiro atoms. The Bertz CT molecular complexity index is 680. The SMILES string of the molecule is COc1cc(Cl)c(Cl)cc1-c1nc(C2CNCCN2C)no1.Cl. The van der Waals surface area contributed by atoms with Gasteiger partial charge in [-0.15, -0.1) is 12.4 Å². The molecule has 1 unspecified atom stereocenters. The number of rotatable bonds is 3. The normalized spacial score (nSPS) is 18.5. The molecule has 1 aromatic carbocycles. The van der Waals surface area contributed by atoms with E-state index in [0.717, 1.165) is 19.6 Å². The minimum Gasteiger partial charge on any atom is -0.496 e. The van der Waals surface area contributed by atoms with Gasteiger partial charge < -0.3 is 14.6 Å². The molecule has 0 radical (unpaired) electrons. The molecule has 0 aliphatic carbocycles. The lowest BCUT2D eigenvalue weighted by Crippen LogP contribution is -2.44. The van der Waals surface area contributed by atoms with Crippen LogP contribution in [0.2, 0.25) is 10.0 Å². The minimum atomic E-state index is 0. The summed E-state index contributed by atoms with van der Waals surface area (Å²) in [5, 5.41) is 8.25. The number of likely N-dealkylation sites (N-methyl/N-ethyl adjacent to an activating group) is 1. The van der Waals surface area contributed by atoms with Gasteiger partial charge in [-0.1, -0.05) is 28.4 Å². The molecule has 3 rings (SSSR count). The van der Waals surface area contributed by atoms with Crippen molar-refractivity contribution in [3.8, 4) is 17.2 Å². The monoisotopic (exact) mass is 378 g/mol. The topological polar surface area (TPSA) is 63.4 Å². The Morgan fingerprint density at radius 1 is 1.35 bits per heavy atom. The predicted octanol–water partition coefficient (Wildman–Crippen LogP) is 3.05. The Hall–Kier alpha value is -1.05. The first-order chi connectivity index (χ1) is 10.6. The Morgan fingerprint density at radius 3 is 2.78 bits per heavy atom. The fourth-order valence-corrected chi connectivity index (χ4v) is 2.76. The van der Waals surface area contributed by atoms with Gasteiger partial charge in [-0.3, -0.25) is 4.90 Å². The molecule has 1 saturated heterocycles. The van der Waals surface area contributed by atoms with Crippen LogP contribution in [-0.2, 0) is 0 Å². The molecule has 1 fully saturated rings. The van der Waals surface area contributed by atoms with Crippen LogP contribution in [0.5, 0.6) is 5.75 Å². The van der Waals surface area contributed by atoms with Crippen molar-refractivity contribution in [1.29, 1.82) is 0 Å². The van der Waals surface area contributed by atoms with Crippen molar-refractivity contribution in [2.75, 3.05) is 33.8 Å². The number of aromatic nitrogens is 2. The third-order valence-corrected chi connectivity index (χ3v) is 4.45. The number of hydrogen-bond acceptors (Lipinski definition) is 6. The van der Waals surface area contributed by atoms with Crippen LogP contribution in [0, 0.1) is 0 Å². The smallest absolute Gasteiger partial charge is 0.261 e. The van der Waals surface area contributed by atoms with Crippen LogP contribution in [0.4, 0.5) is 0 Å². The predicted molar refractivity (Wildman–Crippen MR) is 91.8 cm³/mol. The Morgan fingerprint density at radius 2 is 2.09 bits per heavy atom. The molecule has 0 amide bonds. The van der Waals surface area contributed by atoms with Crippen molar-refractivity contribution in [1.82, 2.24) is 20.4 Å². The van der Waals surface area contributed by atoms with E-state index < -0.39 is 0 Å². The number of ether oxygens (including phenoxy) is 1. The molecule has 9 heteroatoms. The van der Waals surface area contributed by atoms with Crippen LogP contribution in [0.15, 0.2) is 16.7 Å². The van der Waals surface area contributed by atoms with Gasteiger partial charge in [-0.2, -0.15) is 4.98 Å². The maximum Gasteiger partial charge on any atom is 0.261 e. The van der Waals surface area contributed by atoms with Gasteiger partial charge in [0.25, 0.3) is 5.89 Å². The molecular formula is C14H17Cl3N4O2. The summed E-state index contributed by atoms with van der Waals surface area (Å²) in [6, 6.07) is 3.39. The number of nitrogens with zero attached hydrogens (tertiary/aromatic N) is 3. The molecule has 23 heavy (non-hydrogen) atoms. The first-order valence-electron chi connectivity index (χ1n) is 6.88. The van der Waals surface area contributed by atoms with Crippen molar-refractivity contribution in [3.63, 3.8) is 0 Å². The van der Waals surface area contributed by atoms with Gasteiger partial charge in [0.1, 0.15) is 5.75 Å². The number of benzene rings is 1. The van der Waals surface area contributed by atoms with Crippen molar-refractivity contribution in [2.45, 2.75) is 6.04 Å². The van der Waals surface area contributed by atoms with Crippen molar-refractivity contribution in [2.24, 2.45) is 0 Å². The number of halogens is 3. The van der Waals surface area contributed by atoms with Gasteiger partial charge >= 0.3 is 0 Å². The number of methoxy groups -OCH3 is 1. The van der Waals surface area contributed by atoms with E-state index in [1.54, 1.807) is 19.2 Å². The zero-order valence-corrected chi connectivity index (χ0v) is 15.0. The lowest BCUT2D eigenvalue weighted by atomic mass is 10.2. The van der Waals surface area contributed by atoms with Crippen LogP contribution in [0.3, 0.4) is 0 Å². The summed E-state index contributed by atoms with van der Waals surface area (Å²) in [7, 11) is 3.60. The number of hydrogen-bond donors (Lipinski definition) is 1. The van der Waals surface area contributed by atoms with Crippen LogP contribution < -0.4 is 10.1 Å². The highest BCUT2D eigenvalue weighted by Crippen LogP contribution is 2.36. The van der Waals surface area contributed by atoms with Gasteiger partial charge in [0, 0.05) is 25.7 Å². The zero-order valence-electron chi connectivity index (χ0n) is 12.7. The largest absolute Gasteiger partial charge is 0.496 e. The summed E-state index contributed by atoms with van der Waals surface area (Å²) in [6.45, 7) is 2.68. The third-order valence-electron chi connectivity index (χ3n) is 3.72. The molecule has 0 saturated carbocycles. The van der Waals surface area contributed by atoms with E-state index in [4.69, 9.17) is 32.5 Å². The lowest BCUT2D eigenvalue weighted by Gasteiger charge is -2.30. The average Bonchev–Trinajstić information content (AvgIpc) is 2.99. The molecule has 2 heterocycles. The summed E-state index contributed by atoms with van der Waals surface area (Å²) in [4.78, 5) is 6.68. The fraction of sp³-hybridized carbons (Fsp3) is 0.429. The molecule has 2 aromatic rings. The van der Waals surface area contributed by atoms with E-state index >= 15 is 0 Å². The molecular weight excluding hydrogens is 363 g/mol. The van der Waals surface area contributed by atoms with Gasteiger partial charge in [-0.05, 0) is 13.1 Å². The highest BCUT2D eigenvalue weighted by molar-refractivity contribution is 6.42. The van der Waals surface area contributed by atoms with Crippen molar-refractivity contribution >= 4 is 35.6 Å². The lowest BCUT2D eigenvalue weighted by molar-refractivity contribution is 0.190. The molecule has 126 valence electrons. The zero-order chi connectivity index (χ0) is 15.7. The summed E-state index contributed by atoms with van der Waals surface area (Å²) < 4.78 is 10.7. The molecule has 0 bridgehead atoms. The van der Waals surface area contributed by atoms with E-state index in [2.05, 4.69) is 20.4 Å². The highest BCUT2D eigenvalue weighted by Gasteiger charge is 2.26. The highest BCUT2D eigenvalue weighted by atomic mass is 35.5. The number of nitrogens with one attached hydrogen (secondary N) is 1. The second-order valence-electron chi connectivity index (χ2n) is 5.12. The maximum absolute atomic E-state index is 6.08. The second kappa shape index (κ2) is 7.68. The third kappa shape index (κ3) is 3.72. The van der Waals surface area contributed by atoms with E-state index in [1.807, 2.05) is 7.05 Å². The standard InChI is InChI=1S/C14H16Cl2N4O2.ClH/c1-20-4-3-17-7-11(20)13-18-14(22-19-13)8-5-9(15)10(16)6-12(8)21-2;/h5-6,11,17H,3-4,7H2,1-2H3;1H. The molecule has 1 aromatic heterocycles. The van der Waals surface area contributed by atoms with Gasteiger partial charge in [0.2, 0.25) is 0 Å². The Balaban J connectivity index is 0.00000192. The first-order valence-corrected chi connectivity index (χ1v) is 7.63. The van der Waals surface area contributed by atoms with Gasteiger partial charge in [0.15, 0.2) is 5.82 Å². The molecule has 1 N–H and O–H groups in total. The molecule has 6 nitrogen and oxygen atoms in total. The van der Waals surface area contributed by atoms with E-state index in [-0.39, 0.29) is 18.4 Å². The van der Waals surface area contributed by atoms with Crippen LogP contribution in [-0.4, -0.2) is 48.8 Å². The molecule has 1 aliphatic rings. The van der Waals surface area contributed by atoms with Crippen LogP contribution in [0.1, 0.15) is 11.9 Å². The van der Waals surface area contributed by atoms with E-state index in [0.29, 0.717) is 33.1 Å². The Kier molecular flexibility index (Phi) is 6.11. The first kappa shape index (κ1) is 18.3. The van der Waals surface area contributed by atoms with Crippen molar-refractivity contribution < 1.29 is 9.26 Å². The van der Waals surface area contributed by atoms with Crippen LogP contribution >= 0.6 is 35.6 Å². The fourth-order valence-electron chi connectivity index (χ4n) is 2.44. The average molecular weight is 380 g/mol. The quantitative estimate of drug-likeness (QED) is 0.884. The molecule has 1 aliphatic heterocycles. The summed E-state index contributed by atoms with van der Waals surface area (Å²) >= 11 is 12.1. The van der Waals surface area contributed by atoms with Gasteiger partial charge in [0.05, 0.1) is 28.8 Å². The van der Waals surface area contributed by atoms with Gasteiger partial charge in [-0.25, -0.2) is 0 Å². The second-order valence-corrected chi connectivity index (χ2v) is 5.94. The minimum absolute atomic E-state index is 0. The van der Waals surface area contributed by atoms with Crippen LogP contribution in [0.25, 0.3) is 11.5 Å². The molecule has 1 atom stereocenters. The van der Waals surface area contributed by atoms with Crippen molar-refractivity contribution in [3.05, 3.63) is 28.0 Å². The summed E-state index contributed by atoms with van der Waals surface area (Å²) in [5.74, 6) is 1.54. The Labute approximate surface area is 150 Å². The summed E-state index contributed by atoms with van der Waals surface area (Å²) in [6.07, 6.45) is 0. The van der Waals surface area contributed by atoms with E-state index in [1.165, 1.54) is 0 Å². The van der Waals surface area contributed by atoms with E-state index in [9.17, 15) is 0 Å². The summed E-state index contributed by atoms with van der Waals surface area (Å²) in [5.41, 5.74) is 0.627.